The zero-order valence-electron chi connectivity index (χ0n) is 8.19. The molecular formula is C11H12N2O2. The second-order valence-electron chi connectivity index (χ2n) is 3.71. The summed E-state index contributed by atoms with van der Waals surface area (Å²) in [6, 6.07) is 9.12. The predicted molar refractivity (Wildman–Crippen MR) is 54.7 cm³/mol. The molecule has 1 heterocycles. The van der Waals surface area contributed by atoms with Crippen molar-refractivity contribution in [3.05, 3.63) is 35.9 Å². The summed E-state index contributed by atoms with van der Waals surface area (Å²) in [5.41, 5.74) is 5.71. The molecule has 1 saturated heterocycles. The first kappa shape index (κ1) is 9.86. The van der Waals surface area contributed by atoms with Crippen molar-refractivity contribution in [3.8, 4) is 0 Å². The number of carbonyl (C=O) groups excluding carboxylic acids is 2. The molecule has 0 bridgehead atoms. The minimum atomic E-state index is -1.06. The first-order chi connectivity index (χ1) is 7.13. The number of hydrogen-bond donors (Lipinski definition) is 2. The van der Waals surface area contributed by atoms with E-state index in [9.17, 15) is 9.59 Å². The Labute approximate surface area is 87.5 Å². The Hall–Kier alpha value is -1.68. The van der Waals surface area contributed by atoms with Gasteiger partial charge in [-0.15, -0.1) is 0 Å². The molecule has 78 valence electrons. The van der Waals surface area contributed by atoms with E-state index in [1.165, 1.54) is 0 Å². The summed E-state index contributed by atoms with van der Waals surface area (Å²) >= 11 is 0. The summed E-state index contributed by atoms with van der Waals surface area (Å²) in [6.45, 7) is 0. The van der Waals surface area contributed by atoms with Gasteiger partial charge in [0.25, 0.3) is 5.91 Å². The average molecular weight is 204 g/mol. The molecule has 0 spiro atoms. The lowest BCUT2D eigenvalue weighted by Crippen LogP contribution is -2.56. The molecule has 1 aliphatic rings. The predicted octanol–water partition coefficient (Wildman–Crippen LogP) is 0.277. The fourth-order valence-electron chi connectivity index (χ4n) is 1.74. The molecule has 1 fully saturated rings. The van der Waals surface area contributed by atoms with Crippen molar-refractivity contribution in [2.45, 2.75) is 18.4 Å². The average Bonchev–Trinajstić information content (AvgIpc) is 2.25. The van der Waals surface area contributed by atoms with E-state index in [0.717, 1.165) is 5.56 Å². The minimum absolute atomic E-state index is 0.253. The second-order valence-corrected chi connectivity index (χ2v) is 3.71. The fraction of sp³-hybridized carbons (Fsp3) is 0.273. The summed E-state index contributed by atoms with van der Waals surface area (Å²) in [7, 11) is 0. The van der Waals surface area contributed by atoms with Crippen LogP contribution in [0, 0.1) is 0 Å². The summed E-state index contributed by atoms with van der Waals surface area (Å²) in [4.78, 5) is 22.7. The smallest absolute Gasteiger partial charge is 0.251 e. The van der Waals surface area contributed by atoms with E-state index in [2.05, 4.69) is 5.32 Å². The van der Waals surface area contributed by atoms with Crippen molar-refractivity contribution in [2.75, 3.05) is 0 Å². The standard InChI is InChI=1S/C11H12N2O2/c12-11(8-4-2-1-3-5-8)7-6-9(14)13-10(11)15/h1-5H,6-7,12H2,(H,13,14,15). The van der Waals surface area contributed by atoms with E-state index in [1.807, 2.05) is 18.2 Å². The van der Waals surface area contributed by atoms with Gasteiger partial charge in [0.15, 0.2) is 0 Å². The molecule has 3 N–H and O–H groups in total. The number of piperidine rings is 1. The number of imide groups is 1. The van der Waals surface area contributed by atoms with Gasteiger partial charge in [0.2, 0.25) is 5.91 Å². The molecule has 0 saturated carbocycles. The van der Waals surface area contributed by atoms with Gasteiger partial charge in [-0.05, 0) is 12.0 Å². The van der Waals surface area contributed by atoms with Crippen LogP contribution < -0.4 is 11.1 Å². The van der Waals surface area contributed by atoms with Gasteiger partial charge in [-0.3, -0.25) is 14.9 Å². The molecule has 0 aromatic heterocycles. The molecule has 1 unspecified atom stereocenters. The highest BCUT2D eigenvalue weighted by Crippen LogP contribution is 2.26. The number of rotatable bonds is 1. The molecular weight excluding hydrogens is 192 g/mol. The highest BCUT2D eigenvalue weighted by Gasteiger charge is 2.40. The van der Waals surface area contributed by atoms with Crippen molar-refractivity contribution in [1.82, 2.24) is 5.32 Å². The number of benzene rings is 1. The summed E-state index contributed by atoms with van der Waals surface area (Å²) in [5, 5.41) is 2.27. The highest BCUT2D eigenvalue weighted by atomic mass is 16.2. The van der Waals surface area contributed by atoms with Crippen molar-refractivity contribution < 1.29 is 9.59 Å². The first-order valence-electron chi connectivity index (χ1n) is 4.81. The Morgan fingerprint density at radius 1 is 1.20 bits per heavy atom. The van der Waals surface area contributed by atoms with Crippen LogP contribution in [-0.4, -0.2) is 11.8 Å². The SMILES string of the molecule is NC1(c2ccccc2)CCC(=O)NC1=O. The Morgan fingerprint density at radius 3 is 2.47 bits per heavy atom. The largest absolute Gasteiger partial charge is 0.314 e. The topological polar surface area (TPSA) is 72.2 Å². The van der Waals surface area contributed by atoms with Crippen LogP contribution in [0.25, 0.3) is 0 Å². The van der Waals surface area contributed by atoms with Gasteiger partial charge in [0.1, 0.15) is 5.54 Å². The number of amides is 2. The summed E-state index contributed by atoms with van der Waals surface area (Å²) in [5.74, 6) is -0.665. The minimum Gasteiger partial charge on any atom is -0.314 e. The molecule has 1 aromatic carbocycles. The van der Waals surface area contributed by atoms with E-state index in [1.54, 1.807) is 12.1 Å². The van der Waals surface area contributed by atoms with Crippen LogP contribution in [0.4, 0.5) is 0 Å². The van der Waals surface area contributed by atoms with E-state index in [-0.39, 0.29) is 12.3 Å². The van der Waals surface area contributed by atoms with Crippen LogP contribution in [-0.2, 0) is 15.1 Å². The Morgan fingerprint density at radius 2 is 1.87 bits per heavy atom. The molecule has 2 rings (SSSR count). The Bertz CT molecular complexity index is 402. The van der Waals surface area contributed by atoms with Gasteiger partial charge in [-0.25, -0.2) is 0 Å². The molecule has 4 nitrogen and oxygen atoms in total. The number of nitrogens with one attached hydrogen (secondary N) is 1. The third-order valence-corrected chi connectivity index (χ3v) is 2.69. The molecule has 4 heteroatoms. The molecule has 0 radical (unpaired) electrons. The van der Waals surface area contributed by atoms with Gasteiger partial charge < -0.3 is 5.73 Å². The molecule has 1 aromatic rings. The van der Waals surface area contributed by atoms with Crippen molar-refractivity contribution in [2.24, 2.45) is 5.73 Å². The maximum Gasteiger partial charge on any atom is 0.251 e. The molecule has 2 amide bonds. The Kier molecular flexibility index (Phi) is 2.28. The summed E-state index contributed by atoms with van der Waals surface area (Å²) < 4.78 is 0. The molecule has 1 aliphatic heterocycles. The zero-order chi connectivity index (χ0) is 10.9. The van der Waals surface area contributed by atoms with Crippen LogP contribution in [0.5, 0.6) is 0 Å². The fourth-order valence-corrected chi connectivity index (χ4v) is 1.74. The van der Waals surface area contributed by atoms with Crippen molar-refractivity contribution in [3.63, 3.8) is 0 Å². The lowest BCUT2D eigenvalue weighted by molar-refractivity contribution is -0.137. The zero-order valence-corrected chi connectivity index (χ0v) is 8.19. The van der Waals surface area contributed by atoms with Crippen LogP contribution in [0.3, 0.4) is 0 Å². The third kappa shape index (κ3) is 1.64. The van der Waals surface area contributed by atoms with Crippen LogP contribution in [0.1, 0.15) is 18.4 Å². The number of carbonyl (C=O) groups is 2. The van der Waals surface area contributed by atoms with Crippen molar-refractivity contribution in [1.29, 1.82) is 0 Å². The monoisotopic (exact) mass is 204 g/mol. The second kappa shape index (κ2) is 3.47. The van der Waals surface area contributed by atoms with E-state index in [4.69, 9.17) is 5.73 Å². The molecule has 1 atom stereocenters. The van der Waals surface area contributed by atoms with Crippen LogP contribution in [0.15, 0.2) is 30.3 Å². The lowest BCUT2D eigenvalue weighted by atomic mass is 9.83. The maximum atomic E-state index is 11.7. The lowest BCUT2D eigenvalue weighted by Gasteiger charge is -2.31. The first-order valence-corrected chi connectivity index (χ1v) is 4.81. The van der Waals surface area contributed by atoms with Crippen LogP contribution >= 0.6 is 0 Å². The van der Waals surface area contributed by atoms with E-state index >= 15 is 0 Å². The van der Waals surface area contributed by atoms with Gasteiger partial charge in [0, 0.05) is 6.42 Å². The molecule has 15 heavy (non-hydrogen) atoms. The number of hydrogen-bond acceptors (Lipinski definition) is 3. The highest BCUT2D eigenvalue weighted by molar-refractivity contribution is 6.03. The molecule has 0 aliphatic carbocycles. The van der Waals surface area contributed by atoms with Gasteiger partial charge in [-0.2, -0.15) is 0 Å². The quantitative estimate of drug-likeness (QED) is 0.645. The van der Waals surface area contributed by atoms with Crippen LogP contribution in [0.2, 0.25) is 0 Å². The van der Waals surface area contributed by atoms with Crippen molar-refractivity contribution >= 4 is 11.8 Å². The van der Waals surface area contributed by atoms with Gasteiger partial charge in [-0.1, -0.05) is 30.3 Å². The summed E-state index contributed by atoms with van der Waals surface area (Å²) in [6.07, 6.45) is 0.652. The Balaban J connectivity index is 2.35. The third-order valence-electron chi connectivity index (χ3n) is 2.69. The van der Waals surface area contributed by atoms with Gasteiger partial charge in [0.05, 0.1) is 0 Å². The normalized spacial score (nSPS) is 26.2. The van der Waals surface area contributed by atoms with E-state index < -0.39 is 11.4 Å². The maximum absolute atomic E-state index is 11.7. The van der Waals surface area contributed by atoms with Gasteiger partial charge >= 0.3 is 0 Å². The number of nitrogens with two attached hydrogens (primary N) is 1. The van der Waals surface area contributed by atoms with E-state index in [0.29, 0.717) is 6.42 Å².